The maximum Gasteiger partial charge on any atom is 0.320 e. The Hall–Kier alpha value is -1.88. The number of carboxylic acid groups (broad SMARTS) is 1. The second-order valence-corrected chi connectivity index (χ2v) is 3.90. The van der Waals surface area contributed by atoms with E-state index in [-0.39, 0.29) is 0 Å². The van der Waals surface area contributed by atoms with Crippen LogP contribution in [0.1, 0.15) is 11.1 Å². The van der Waals surface area contributed by atoms with Crippen LogP contribution in [0.25, 0.3) is 10.9 Å². The number of H-pyrrole nitrogens is 1. The molecule has 0 fully saturated rings. The molecule has 4 N–H and O–H groups in total. The number of nitrogens with zero attached hydrogens (tertiary/aromatic N) is 1. The van der Waals surface area contributed by atoms with Crippen LogP contribution < -0.4 is 5.73 Å². The van der Waals surface area contributed by atoms with Crippen LogP contribution in [-0.2, 0) is 11.2 Å². The van der Waals surface area contributed by atoms with Crippen molar-refractivity contribution in [3.63, 3.8) is 0 Å². The Labute approximate surface area is 92.3 Å². The van der Waals surface area contributed by atoms with E-state index >= 15 is 0 Å². The molecule has 1 aromatic carbocycles. The number of nitrogens with two attached hydrogens (primary N) is 1. The SMILES string of the molecule is Cc1cc(C[C@H](N)C(=O)O)cc2cn[nH]c12. The third kappa shape index (κ3) is 1.90. The Morgan fingerprint density at radius 3 is 3.06 bits per heavy atom. The minimum absolute atomic E-state index is 0.331. The van der Waals surface area contributed by atoms with E-state index in [1.165, 1.54) is 0 Å². The van der Waals surface area contributed by atoms with E-state index in [2.05, 4.69) is 10.2 Å². The molecule has 0 saturated carbocycles. The zero-order chi connectivity index (χ0) is 11.7. The molecule has 2 rings (SSSR count). The first-order chi connectivity index (χ1) is 7.58. The fourth-order valence-corrected chi connectivity index (χ4v) is 1.77. The Morgan fingerprint density at radius 1 is 1.62 bits per heavy atom. The van der Waals surface area contributed by atoms with E-state index in [4.69, 9.17) is 10.8 Å². The highest BCUT2D eigenvalue weighted by atomic mass is 16.4. The van der Waals surface area contributed by atoms with E-state index in [1.54, 1.807) is 6.20 Å². The van der Waals surface area contributed by atoms with Crippen molar-refractivity contribution in [2.24, 2.45) is 5.73 Å². The number of hydrogen-bond acceptors (Lipinski definition) is 3. The molecule has 2 aromatic rings. The van der Waals surface area contributed by atoms with Crippen molar-refractivity contribution in [1.82, 2.24) is 10.2 Å². The number of carbonyl (C=O) groups is 1. The highest BCUT2D eigenvalue weighted by molar-refractivity contribution is 5.82. The molecule has 0 bridgehead atoms. The Kier molecular flexibility index (Phi) is 2.62. The lowest BCUT2D eigenvalue weighted by atomic mass is 10.0. The summed E-state index contributed by atoms with van der Waals surface area (Å²) in [7, 11) is 0. The van der Waals surface area contributed by atoms with Gasteiger partial charge in [-0.1, -0.05) is 6.07 Å². The molecule has 0 aliphatic rings. The fourth-order valence-electron chi connectivity index (χ4n) is 1.77. The zero-order valence-corrected chi connectivity index (χ0v) is 8.90. The molecule has 1 heterocycles. The predicted octanol–water partition coefficient (Wildman–Crippen LogP) is 0.826. The van der Waals surface area contributed by atoms with Crippen LogP contribution in [0.4, 0.5) is 0 Å². The Bertz CT molecular complexity index is 533. The summed E-state index contributed by atoms with van der Waals surface area (Å²) in [5.41, 5.74) is 8.44. The minimum atomic E-state index is -0.982. The molecule has 0 radical (unpaired) electrons. The highest BCUT2D eigenvalue weighted by Crippen LogP contribution is 2.18. The first-order valence-electron chi connectivity index (χ1n) is 4.99. The molecule has 1 aromatic heterocycles. The van der Waals surface area contributed by atoms with Crippen LogP contribution in [0.2, 0.25) is 0 Å². The summed E-state index contributed by atoms with van der Waals surface area (Å²) in [5.74, 6) is -0.982. The maximum atomic E-state index is 10.7. The molecule has 5 heteroatoms. The molecular formula is C11H13N3O2. The third-order valence-corrected chi connectivity index (χ3v) is 2.58. The van der Waals surface area contributed by atoms with E-state index in [9.17, 15) is 4.79 Å². The number of rotatable bonds is 3. The summed E-state index contributed by atoms with van der Waals surface area (Å²) in [5, 5.41) is 16.6. The van der Waals surface area contributed by atoms with Gasteiger partial charge in [-0.3, -0.25) is 9.89 Å². The molecule has 16 heavy (non-hydrogen) atoms. The van der Waals surface area contributed by atoms with Gasteiger partial charge in [-0.15, -0.1) is 0 Å². The molecule has 5 nitrogen and oxygen atoms in total. The van der Waals surface area contributed by atoms with Crippen molar-refractivity contribution in [2.45, 2.75) is 19.4 Å². The van der Waals surface area contributed by atoms with Crippen LogP contribution in [0.3, 0.4) is 0 Å². The Morgan fingerprint density at radius 2 is 2.38 bits per heavy atom. The number of hydrogen-bond donors (Lipinski definition) is 3. The standard InChI is InChI=1S/C11H13N3O2/c1-6-2-7(4-9(12)11(15)16)3-8-5-13-14-10(6)8/h2-3,5,9H,4,12H2,1H3,(H,13,14)(H,15,16)/t9-/m0/s1. The van der Waals surface area contributed by atoms with Gasteiger partial charge in [-0.2, -0.15) is 5.10 Å². The molecule has 0 amide bonds. The van der Waals surface area contributed by atoms with Gasteiger partial charge < -0.3 is 10.8 Å². The quantitative estimate of drug-likeness (QED) is 0.712. The van der Waals surface area contributed by atoms with Crippen molar-refractivity contribution >= 4 is 16.9 Å². The summed E-state index contributed by atoms with van der Waals surface area (Å²) >= 11 is 0. The average molecular weight is 219 g/mol. The number of nitrogens with one attached hydrogen (secondary N) is 1. The molecular weight excluding hydrogens is 206 g/mol. The normalized spacial score (nSPS) is 12.9. The minimum Gasteiger partial charge on any atom is -0.480 e. The second kappa shape index (κ2) is 3.94. The van der Waals surface area contributed by atoms with E-state index < -0.39 is 12.0 Å². The summed E-state index contributed by atoms with van der Waals surface area (Å²) in [6, 6.07) is 2.99. The number of benzene rings is 1. The van der Waals surface area contributed by atoms with Gasteiger partial charge in [0.2, 0.25) is 0 Å². The Balaban J connectivity index is 2.35. The number of aryl methyl sites for hydroxylation is 1. The van der Waals surface area contributed by atoms with Crippen molar-refractivity contribution in [2.75, 3.05) is 0 Å². The summed E-state index contributed by atoms with van der Waals surface area (Å²) in [6.45, 7) is 1.95. The van der Waals surface area contributed by atoms with Gasteiger partial charge in [0.25, 0.3) is 0 Å². The number of aliphatic carboxylic acids is 1. The smallest absolute Gasteiger partial charge is 0.320 e. The molecule has 1 atom stereocenters. The summed E-state index contributed by atoms with van der Waals surface area (Å²) in [6.07, 6.45) is 2.05. The molecule has 0 saturated heterocycles. The van der Waals surface area contributed by atoms with Gasteiger partial charge >= 0.3 is 5.97 Å². The van der Waals surface area contributed by atoms with Crippen LogP contribution in [-0.4, -0.2) is 27.3 Å². The van der Waals surface area contributed by atoms with Crippen LogP contribution in [0, 0.1) is 6.92 Å². The van der Waals surface area contributed by atoms with Crippen LogP contribution in [0.15, 0.2) is 18.3 Å². The van der Waals surface area contributed by atoms with Crippen LogP contribution in [0.5, 0.6) is 0 Å². The van der Waals surface area contributed by atoms with Gasteiger partial charge in [0.05, 0.1) is 11.7 Å². The van der Waals surface area contributed by atoms with Crippen molar-refractivity contribution < 1.29 is 9.90 Å². The topological polar surface area (TPSA) is 92.0 Å². The number of aromatic amines is 1. The van der Waals surface area contributed by atoms with Gasteiger partial charge in [0.15, 0.2) is 0 Å². The highest BCUT2D eigenvalue weighted by Gasteiger charge is 2.13. The molecule has 0 spiro atoms. The summed E-state index contributed by atoms with van der Waals surface area (Å²) < 4.78 is 0. The first-order valence-corrected chi connectivity index (χ1v) is 4.99. The lowest BCUT2D eigenvalue weighted by molar-refractivity contribution is -0.138. The van der Waals surface area contributed by atoms with Crippen molar-refractivity contribution in [3.8, 4) is 0 Å². The molecule has 0 aliphatic carbocycles. The van der Waals surface area contributed by atoms with Gasteiger partial charge in [0, 0.05) is 5.39 Å². The molecule has 84 valence electrons. The fraction of sp³-hybridized carbons (Fsp3) is 0.273. The average Bonchev–Trinajstić information content (AvgIpc) is 2.65. The maximum absolute atomic E-state index is 10.7. The second-order valence-electron chi connectivity index (χ2n) is 3.90. The third-order valence-electron chi connectivity index (χ3n) is 2.58. The molecule has 0 aliphatic heterocycles. The number of fused-ring (bicyclic) bond motifs is 1. The number of carboxylic acids is 1. The monoisotopic (exact) mass is 219 g/mol. The zero-order valence-electron chi connectivity index (χ0n) is 8.90. The van der Waals surface area contributed by atoms with E-state index in [0.717, 1.165) is 22.0 Å². The van der Waals surface area contributed by atoms with Crippen molar-refractivity contribution in [1.29, 1.82) is 0 Å². The lowest BCUT2D eigenvalue weighted by Crippen LogP contribution is -2.32. The van der Waals surface area contributed by atoms with Crippen molar-refractivity contribution in [3.05, 3.63) is 29.5 Å². The number of aromatic nitrogens is 2. The van der Waals surface area contributed by atoms with E-state index in [1.807, 2.05) is 19.1 Å². The lowest BCUT2D eigenvalue weighted by Gasteiger charge is -2.07. The summed E-state index contributed by atoms with van der Waals surface area (Å²) in [4.78, 5) is 10.7. The first kappa shape index (κ1) is 10.6. The van der Waals surface area contributed by atoms with E-state index in [0.29, 0.717) is 6.42 Å². The van der Waals surface area contributed by atoms with Gasteiger partial charge in [-0.05, 0) is 30.5 Å². The largest absolute Gasteiger partial charge is 0.480 e. The predicted molar refractivity (Wildman–Crippen MR) is 60.1 cm³/mol. The van der Waals surface area contributed by atoms with Gasteiger partial charge in [0.1, 0.15) is 6.04 Å². The van der Waals surface area contributed by atoms with Gasteiger partial charge in [-0.25, -0.2) is 0 Å². The van der Waals surface area contributed by atoms with Crippen LogP contribution >= 0.6 is 0 Å². The molecule has 0 unspecified atom stereocenters.